The molecule has 3 aliphatic rings. The summed E-state index contributed by atoms with van der Waals surface area (Å²) in [4.78, 5) is 23.7. The van der Waals surface area contributed by atoms with E-state index in [-0.39, 0.29) is 29.7 Å². The summed E-state index contributed by atoms with van der Waals surface area (Å²) < 4.78 is 14.2. The van der Waals surface area contributed by atoms with Gasteiger partial charge in [0.1, 0.15) is 17.4 Å². The number of nitrogens with one attached hydrogen (secondary N) is 3. The molecule has 0 bridgehead atoms. The Morgan fingerprint density at radius 1 is 1.19 bits per heavy atom. The number of ether oxygens (including phenoxy) is 2. The molecule has 3 aliphatic heterocycles. The maximum Gasteiger partial charge on any atom is 0.324 e. The smallest absolute Gasteiger partial charge is 0.324 e. The summed E-state index contributed by atoms with van der Waals surface area (Å²) >= 11 is 1.54. The van der Waals surface area contributed by atoms with Gasteiger partial charge in [-0.25, -0.2) is 9.48 Å². The largest absolute Gasteiger partial charge is 0.483 e. The van der Waals surface area contributed by atoms with Gasteiger partial charge >= 0.3 is 6.03 Å². The van der Waals surface area contributed by atoms with Crippen LogP contribution in [0.15, 0.2) is 70.7 Å². The topological polar surface area (TPSA) is 108 Å². The van der Waals surface area contributed by atoms with Crippen molar-refractivity contribution in [2.75, 3.05) is 69.8 Å². The second-order valence-electron chi connectivity index (χ2n) is 13.1. The molecule has 5 rings (SSSR count). The molecular weight excluding hydrogens is 613 g/mol. The highest BCUT2D eigenvalue weighted by Gasteiger charge is 2.32. The van der Waals surface area contributed by atoms with Crippen LogP contribution in [0.3, 0.4) is 0 Å². The fourth-order valence-electron chi connectivity index (χ4n) is 5.68. The normalized spacial score (nSPS) is 21.4. The van der Waals surface area contributed by atoms with Crippen molar-refractivity contribution in [3.63, 3.8) is 0 Å². The predicted molar refractivity (Wildman–Crippen MR) is 192 cm³/mol. The molecule has 0 aliphatic carbocycles. The minimum absolute atomic E-state index is 0.0453. The summed E-state index contributed by atoms with van der Waals surface area (Å²) in [6.07, 6.45) is 14.6. The number of carbonyl (C=O) groups excluding carboxylic acids is 1. The lowest BCUT2D eigenvalue weighted by Crippen LogP contribution is -2.49. The van der Waals surface area contributed by atoms with Crippen LogP contribution < -0.4 is 20.7 Å². The zero-order chi connectivity index (χ0) is 33.4. The van der Waals surface area contributed by atoms with Crippen molar-refractivity contribution in [3.8, 4) is 5.75 Å². The molecule has 1 aromatic carbocycles. The summed E-state index contributed by atoms with van der Waals surface area (Å²) in [7, 11) is 2.18. The minimum Gasteiger partial charge on any atom is -0.483 e. The van der Waals surface area contributed by atoms with Crippen LogP contribution in [0.25, 0.3) is 0 Å². The first-order valence-electron chi connectivity index (χ1n) is 16.4. The zero-order valence-electron chi connectivity index (χ0n) is 28.5. The first-order chi connectivity index (χ1) is 22.6. The van der Waals surface area contributed by atoms with E-state index in [1.165, 1.54) is 11.8 Å². The number of hydrogen-bond donors (Lipinski definition) is 3. The second-order valence-corrected chi connectivity index (χ2v) is 13.9. The molecule has 11 nitrogen and oxygen atoms in total. The summed E-state index contributed by atoms with van der Waals surface area (Å²) in [6, 6.07) is 7.27. The molecule has 2 unspecified atom stereocenters. The Bertz CT molecular complexity index is 1490. The average Bonchev–Trinajstić information content (AvgIpc) is 3.48. The van der Waals surface area contributed by atoms with Gasteiger partial charge in [-0.3, -0.25) is 15.2 Å². The highest BCUT2D eigenvalue weighted by molar-refractivity contribution is 7.98. The van der Waals surface area contributed by atoms with E-state index in [9.17, 15) is 4.79 Å². The number of amides is 2. The SMILES string of the molecule is C/C=C\C(C/C=C/CN1CCN(C)CC1)n1nc(C(C)(C)C)cc1NC(=O)Nc1ccc(O[C@H]2C=CNC3=NCCOC32)cc1SC. The van der Waals surface area contributed by atoms with Gasteiger partial charge in [0.05, 0.1) is 30.6 Å². The number of anilines is 2. The molecule has 0 spiro atoms. The molecule has 1 aromatic heterocycles. The lowest BCUT2D eigenvalue weighted by molar-refractivity contribution is 0.0265. The van der Waals surface area contributed by atoms with E-state index in [0.717, 1.165) is 55.6 Å². The summed E-state index contributed by atoms with van der Waals surface area (Å²) in [5.41, 5.74) is 1.42. The van der Waals surface area contributed by atoms with Crippen LogP contribution in [0, 0.1) is 0 Å². The van der Waals surface area contributed by atoms with Gasteiger partial charge in [0.25, 0.3) is 0 Å². The standard InChI is InChI=1S/C35H50N8O3S/c1-7-10-25(11-8-9-17-42-20-18-41(5)19-21-42)43-31(24-30(40-43)35(2,3)4)39-34(44)38-27-13-12-26(23-29(27)47-6)46-28-14-15-36-33-32(28)45-22-16-37-33/h7-10,12-15,23-25,28,32H,11,16-22H2,1-6H3,(H,36,37)(H2,38,39,44)/b9-8+,10-7-/t25?,28-,32?/m0/s1. The number of likely N-dealkylation sites (N-methyl/N-ethyl adjacent to an activating group) is 1. The van der Waals surface area contributed by atoms with Crippen LogP contribution in [0.4, 0.5) is 16.3 Å². The predicted octanol–water partition coefficient (Wildman–Crippen LogP) is 5.52. The van der Waals surface area contributed by atoms with E-state index in [1.54, 1.807) is 0 Å². The zero-order valence-corrected chi connectivity index (χ0v) is 29.3. The van der Waals surface area contributed by atoms with Crippen LogP contribution in [-0.2, 0) is 10.2 Å². The third-order valence-electron chi connectivity index (χ3n) is 8.43. The number of aromatic nitrogens is 2. The Kier molecular flexibility index (Phi) is 11.8. The Hall–Kier alpha value is -3.58. The molecule has 3 atom stereocenters. The van der Waals surface area contributed by atoms with Gasteiger partial charge in [-0.15, -0.1) is 11.8 Å². The van der Waals surface area contributed by atoms with Crippen molar-refractivity contribution in [1.29, 1.82) is 0 Å². The Morgan fingerprint density at radius 2 is 2.00 bits per heavy atom. The Morgan fingerprint density at radius 3 is 2.74 bits per heavy atom. The van der Waals surface area contributed by atoms with Crippen molar-refractivity contribution >= 4 is 35.1 Å². The van der Waals surface area contributed by atoms with Crippen molar-refractivity contribution in [2.24, 2.45) is 4.99 Å². The number of fused-ring (bicyclic) bond motifs is 1. The molecule has 0 saturated carbocycles. The van der Waals surface area contributed by atoms with Gasteiger partial charge in [0.15, 0.2) is 12.2 Å². The van der Waals surface area contributed by atoms with E-state index >= 15 is 0 Å². The van der Waals surface area contributed by atoms with Crippen LogP contribution in [0.1, 0.15) is 45.9 Å². The first-order valence-corrected chi connectivity index (χ1v) is 17.7. The molecule has 1 fully saturated rings. The molecule has 2 amide bonds. The molecule has 254 valence electrons. The molecule has 1 saturated heterocycles. The van der Waals surface area contributed by atoms with E-state index in [0.29, 0.717) is 30.4 Å². The number of thioether (sulfide) groups is 1. The highest BCUT2D eigenvalue weighted by Crippen LogP contribution is 2.32. The first kappa shape index (κ1) is 34.7. The molecule has 2 aromatic rings. The number of hydrogen-bond acceptors (Lipinski definition) is 9. The van der Waals surface area contributed by atoms with Gasteiger partial charge in [-0.1, -0.05) is 45.1 Å². The lowest BCUT2D eigenvalue weighted by atomic mass is 9.92. The van der Waals surface area contributed by atoms with Gasteiger partial charge in [-0.05, 0) is 50.9 Å². The van der Waals surface area contributed by atoms with Gasteiger partial charge in [0, 0.05) is 55.3 Å². The Balaban J connectivity index is 1.27. The van der Waals surface area contributed by atoms with Gasteiger partial charge in [0.2, 0.25) is 0 Å². The fourth-order valence-corrected chi connectivity index (χ4v) is 6.25. The van der Waals surface area contributed by atoms with Crippen molar-refractivity contribution in [2.45, 2.75) is 62.7 Å². The van der Waals surface area contributed by atoms with Crippen LogP contribution in [0.5, 0.6) is 5.75 Å². The molecule has 0 radical (unpaired) electrons. The van der Waals surface area contributed by atoms with Crippen LogP contribution >= 0.6 is 11.8 Å². The number of urea groups is 1. The van der Waals surface area contributed by atoms with Crippen LogP contribution in [0.2, 0.25) is 0 Å². The fraction of sp³-hybridized carbons (Fsp3) is 0.514. The van der Waals surface area contributed by atoms with E-state index in [2.05, 4.69) is 76.8 Å². The van der Waals surface area contributed by atoms with E-state index in [4.69, 9.17) is 14.6 Å². The number of rotatable bonds is 11. The number of aliphatic imine (C=N–C) groups is 1. The lowest BCUT2D eigenvalue weighted by Gasteiger charge is -2.32. The monoisotopic (exact) mass is 662 g/mol. The average molecular weight is 663 g/mol. The summed E-state index contributed by atoms with van der Waals surface area (Å²) in [5.74, 6) is 2.13. The summed E-state index contributed by atoms with van der Waals surface area (Å²) in [5, 5.41) is 14.3. The molecular formula is C35H50N8O3S. The number of piperazine rings is 1. The summed E-state index contributed by atoms with van der Waals surface area (Å²) in [6.45, 7) is 14.9. The van der Waals surface area contributed by atoms with E-state index in [1.807, 2.05) is 60.5 Å². The third-order valence-corrected chi connectivity index (χ3v) is 9.21. The molecule has 4 heterocycles. The van der Waals surface area contributed by atoms with Crippen LogP contribution in [-0.4, -0.2) is 103 Å². The molecule has 12 heteroatoms. The number of carbonyl (C=O) groups is 1. The number of nitrogens with zero attached hydrogens (tertiary/aromatic N) is 5. The number of amidine groups is 1. The second kappa shape index (κ2) is 16.0. The van der Waals surface area contributed by atoms with Crippen molar-refractivity contribution < 1.29 is 14.3 Å². The van der Waals surface area contributed by atoms with Crippen molar-refractivity contribution in [1.82, 2.24) is 24.9 Å². The van der Waals surface area contributed by atoms with Gasteiger partial charge < -0.3 is 25.0 Å². The number of allylic oxidation sites excluding steroid dienone is 3. The van der Waals surface area contributed by atoms with Crippen molar-refractivity contribution in [3.05, 3.63) is 66.5 Å². The molecule has 3 N–H and O–H groups in total. The minimum atomic E-state index is -0.335. The maximum absolute atomic E-state index is 13.5. The quantitative estimate of drug-likeness (QED) is 0.213. The van der Waals surface area contributed by atoms with E-state index < -0.39 is 0 Å². The maximum atomic E-state index is 13.5. The Labute approximate surface area is 283 Å². The highest BCUT2D eigenvalue weighted by atomic mass is 32.2. The number of benzene rings is 1. The third kappa shape index (κ3) is 9.28. The molecule has 47 heavy (non-hydrogen) atoms. The van der Waals surface area contributed by atoms with Gasteiger partial charge in [-0.2, -0.15) is 5.10 Å².